The second-order valence-electron chi connectivity index (χ2n) is 1.89. The van der Waals surface area contributed by atoms with Crippen molar-refractivity contribution in [1.82, 2.24) is 0 Å². The zero-order valence-electron chi connectivity index (χ0n) is 6.94. The molecule has 1 aromatic rings. The molecule has 0 fully saturated rings. The number of thioether (sulfide) groups is 1. The van der Waals surface area contributed by atoms with E-state index >= 15 is 0 Å². The first-order valence-electron chi connectivity index (χ1n) is 2.98. The first-order chi connectivity index (χ1) is 5.25. The summed E-state index contributed by atoms with van der Waals surface area (Å²) in [5.41, 5.74) is 0. The molecule has 1 unspecified atom stereocenters. The van der Waals surface area contributed by atoms with Crippen molar-refractivity contribution in [1.29, 1.82) is 0 Å². The van der Waals surface area contributed by atoms with Crippen LogP contribution in [0.15, 0.2) is 34.1 Å². The van der Waals surface area contributed by atoms with Gasteiger partial charge in [-0.05, 0) is 29.5 Å². The first-order valence-corrected chi connectivity index (χ1v) is 5.28. The maximum atomic E-state index is 10.6. The van der Waals surface area contributed by atoms with E-state index in [1.165, 1.54) is 11.8 Å². The van der Waals surface area contributed by atoms with Gasteiger partial charge in [0, 0.05) is 9.79 Å². The zero-order chi connectivity index (χ0) is 8.27. The predicted molar refractivity (Wildman–Crippen MR) is 45.4 cm³/mol. The molecule has 1 atom stereocenters. The van der Waals surface area contributed by atoms with Gasteiger partial charge in [0.05, 0.1) is 0 Å². The summed E-state index contributed by atoms with van der Waals surface area (Å²) in [4.78, 5) is 1.17. The number of hydrogen-bond acceptors (Lipinski definition) is 3. The normalized spacial score (nSPS) is 11.8. The maximum absolute atomic E-state index is 10.6. The molecule has 0 spiro atoms. The summed E-state index contributed by atoms with van der Waals surface area (Å²) in [6.45, 7) is 0. The Bertz CT molecular complexity index is 278. The third-order valence-electron chi connectivity index (χ3n) is 1.25. The molecule has 0 amide bonds. The molecule has 0 aliphatic heterocycles. The molecule has 0 aromatic heterocycles. The molecular weight excluding hydrogens is 203 g/mol. The van der Waals surface area contributed by atoms with Crippen LogP contribution in [0.2, 0.25) is 0 Å². The summed E-state index contributed by atoms with van der Waals surface area (Å²) in [5, 5.41) is 0. The van der Waals surface area contributed by atoms with Gasteiger partial charge in [0.25, 0.3) is 0 Å². The van der Waals surface area contributed by atoms with Crippen molar-refractivity contribution in [2.24, 2.45) is 0 Å². The van der Waals surface area contributed by atoms with Gasteiger partial charge in [0.15, 0.2) is 0 Å². The van der Waals surface area contributed by atoms with Gasteiger partial charge >= 0.3 is 29.6 Å². The molecular formula is C7H7NaO2S2. The Morgan fingerprint density at radius 3 is 2.42 bits per heavy atom. The molecule has 0 aliphatic carbocycles. The van der Waals surface area contributed by atoms with E-state index in [0.717, 1.165) is 4.90 Å². The van der Waals surface area contributed by atoms with E-state index in [0.29, 0.717) is 4.90 Å². The summed E-state index contributed by atoms with van der Waals surface area (Å²) in [6.07, 6.45) is 1.85. The van der Waals surface area contributed by atoms with E-state index in [1.54, 1.807) is 18.2 Å². The molecule has 0 radical (unpaired) electrons. The Morgan fingerprint density at radius 2 is 2.00 bits per heavy atom. The third-order valence-corrected chi connectivity index (χ3v) is 2.89. The largest absolute Gasteiger partial charge is 1.00 e. The van der Waals surface area contributed by atoms with Crippen molar-refractivity contribution in [2.45, 2.75) is 9.79 Å². The van der Waals surface area contributed by atoms with Gasteiger partial charge in [-0.3, -0.25) is 4.21 Å². The smallest absolute Gasteiger partial charge is 0.768 e. The molecule has 0 bridgehead atoms. The van der Waals surface area contributed by atoms with Gasteiger partial charge in [-0.15, -0.1) is 11.8 Å². The van der Waals surface area contributed by atoms with Crippen LogP contribution in [-0.4, -0.2) is 15.0 Å². The van der Waals surface area contributed by atoms with Gasteiger partial charge in [-0.2, -0.15) is 0 Å². The number of hydrogen-bond donors (Lipinski definition) is 0. The molecule has 5 heteroatoms. The van der Waals surface area contributed by atoms with E-state index < -0.39 is 11.1 Å². The Hall–Kier alpha value is 0.680. The van der Waals surface area contributed by atoms with E-state index in [1.807, 2.05) is 12.3 Å². The fourth-order valence-corrected chi connectivity index (χ4v) is 2.12. The summed E-state index contributed by atoms with van der Waals surface area (Å²) in [6, 6.07) is 6.91. The molecule has 1 rings (SSSR count). The molecule has 12 heavy (non-hydrogen) atoms. The number of benzene rings is 1. The minimum absolute atomic E-state index is 0. The van der Waals surface area contributed by atoms with Crippen LogP contribution < -0.4 is 29.6 Å². The summed E-state index contributed by atoms with van der Waals surface area (Å²) in [5.74, 6) is 0. The minimum atomic E-state index is -2.11. The maximum Gasteiger partial charge on any atom is 1.00 e. The van der Waals surface area contributed by atoms with Gasteiger partial charge in [-0.1, -0.05) is 12.1 Å². The monoisotopic (exact) mass is 210 g/mol. The molecule has 0 saturated carbocycles. The zero-order valence-corrected chi connectivity index (χ0v) is 10.6. The standard InChI is InChI=1S/C7H8O2S2.Na/c1-10-6-4-2-3-5-7(6)11(8)9;/h2-5H,1H3,(H,8,9);/q;+1/p-1. The van der Waals surface area contributed by atoms with Crippen LogP contribution >= 0.6 is 11.8 Å². The fourth-order valence-electron chi connectivity index (χ4n) is 0.756. The average Bonchev–Trinajstić information content (AvgIpc) is 2.04. The van der Waals surface area contributed by atoms with Gasteiger partial charge in [-0.25, -0.2) is 0 Å². The second-order valence-corrected chi connectivity index (χ2v) is 3.64. The van der Waals surface area contributed by atoms with E-state index in [4.69, 9.17) is 0 Å². The van der Waals surface area contributed by atoms with Gasteiger partial charge in [0.2, 0.25) is 0 Å². The predicted octanol–water partition coefficient (Wildman–Crippen LogP) is -1.35. The summed E-state index contributed by atoms with van der Waals surface area (Å²) in [7, 11) is 0. The van der Waals surface area contributed by atoms with Crippen molar-refractivity contribution in [3.8, 4) is 0 Å². The van der Waals surface area contributed by atoms with Crippen LogP contribution in [0.25, 0.3) is 0 Å². The Kier molecular flexibility index (Phi) is 6.53. The summed E-state index contributed by atoms with van der Waals surface area (Å²) >= 11 is -0.681. The van der Waals surface area contributed by atoms with E-state index in [2.05, 4.69) is 0 Å². The van der Waals surface area contributed by atoms with Crippen molar-refractivity contribution >= 4 is 22.8 Å². The van der Waals surface area contributed by atoms with Gasteiger partial charge < -0.3 is 4.55 Å². The van der Waals surface area contributed by atoms with Crippen molar-refractivity contribution in [2.75, 3.05) is 6.26 Å². The van der Waals surface area contributed by atoms with Crippen LogP contribution in [0, 0.1) is 0 Å². The molecule has 0 saturated heterocycles. The molecule has 0 aliphatic rings. The van der Waals surface area contributed by atoms with Crippen molar-refractivity contribution < 1.29 is 38.3 Å². The first kappa shape index (κ1) is 12.7. The van der Waals surface area contributed by atoms with Gasteiger partial charge in [0.1, 0.15) is 0 Å². The fraction of sp³-hybridized carbons (Fsp3) is 0.143. The molecule has 1 aromatic carbocycles. The van der Waals surface area contributed by atoms with Crippen LogP contribution in [0.5, 0.6) is 0 Å². The minimum Gasteiger partial charge on any atom is -0.768 e. The molecule has 0 heterocycles. The Balaban J connectivity index is 0.00000121. The second kappa shape index (κ2) is 6.18. The molecule has 2 nitrogen and oxygen atoms in total. The molecule has 60 valence electrons. The van der Waals surface area contributed by atoms with Crippen molar-refractivity contribution in [3.05, 3.63) is 24.3 Å². The number of rotatable bonds is 2. The van der Waals surface area contributed by atoms with Crippen LogP contribution in [0.1, 0.15) is 0 Å². The van der Waals surface area contributed by atoms with Crippen molar-refractivity contribution in [3.63, 3.8) is 0 Å². The van der Waals surface area contributed by atoms with Crippen LogP contribution in [0.4, 0.5) is 0 Å². The third kappa shape index (κ3) is 3.20. The summed E-state index contributed by atoms with van der Waals surface area (Å²) < 4.78 is 21.1. The topological polar surface area (TPSA) is 40.1 Å². The Morgan fingerprint density at radius 1 is 1.42 bits per heavy atom. The SMILES string of the molecule is CSc1ccccc1S(=O)[O-].[Na+]. The van der Waals surface area contributed by atoms with E-state index in [9.17, 15) is 8.76 Å². The Labute approximate surface area is 101 Å². The van der Waals surface area contributed by atoms with Crippen LogP contribution in [0.3, 0.4) is 0 Å². The van der Waals surface area contributed by atoms with E-state index in [-0.39, 0.29) is 29.6 Å². The quantitative estimate of drug-likeness (QED) is 0.344. The van der Waals surface area contributed by atoms with Crippen LogP contribution in [-0.2, 0) is 11.1 Å². The average molecular weight is 210 g/mol. The molecule has 0 N–H and O–H groups in total.